The molecule has 0 aromatic heterocycles. The number of cyclic esters (lactones) is 1. The Labute approximate surface area is 95.1 Å². The summed E-state index contributed by atoms with van der Waals surface area (Å²) in [6, 6.07) is 10.2. The minimum atomic E-state index is -0.355. The van der Waals surface area contributed by atoms with Crippen LogP contribution in [0.5, 0.6) is 0 Å². The second-order valence-corrected chi connectivity index (χ2v) is 4.21. The van der Waals surface area contributed by atoms with Crippen LogP contribution in [-0.4, -0.2) is 18.2 Å². The predicted octanol–water partition coefficient (Wildman–Crippen LogP) is 2.28. The second kappa shape index (κ2) is 4.39. The number of hydrogen-bond donors (Lipinski definition) is 1. The average molecular weight is 217 g/mol. The lowest BCUT2D eigenvalue weighted by Gasteiger charge is -2.14. The van der Waals surface area contributed by atoms with Gasteiger partial charge in [-0.25, -0.2) is 4.79 Å². The van der Waals surface area contributed by atoms with Crippen LogP contribution in [0.25, 0.3) is 0 Å². The molecule has 2 rings (SSSR count). The Bertz CT molecular complexity index is 400. The molecular formula is C13H15NO2. The minimum Gasteiger partial charge on any atom is -0.447 e. The van der Waals surface area contributed by atoms with Gasteiger partial charge in [0.2, 0.25) is 0 Å². The number of alkyl carbamates (subject to hydrolysis) is 1. The molecular weight excluding hydrogens is 202 g/mol. The molecule has 0 aliphatic carbocycles. The highest BCUT2D eigenvalue weighted by Crippen LogP contribution is 2.14. The number of ether oxygens (including phenoxy) is 1. The Kier molecular flexibility index (Phi) is 2.95. The van der Waals surface area contributed by atoms with Crippen LogP contribution < -0.4 is 5.32 Å². The van der Waals surface area contributed by atoms with Crippen LogP contribution in [-0.2, 0) is 11.2 Å². The Morgan fingerprint density at radius 1 is 1.44 bits per heavy atom. The van der Waals surface area contributed by atoms with Crippen molar-refractivity contribution in [2.45, 2.75) is 18.9 Å². The van der Waals surface area contributed by atoms with E-state index in [2.05, 4.69) is 23.5 Å². The van der Waals surface area contributed by atoms with E-state index in [0.717, 1.165) is 6.42 Å². The first kappa shape index (κ1) is 10.7. The van der Waals surface area contributed by atoms with Crippen LogP contribution in [0.15, 0.2) is 42.5 Å². The van der Waals surface area contributed by atoms with Gasteiger partial charge in [0.1, 0.15) is 6.61 Å². The van der Waals surface area contributed by atoms with Crippen molar-refractivity contribution >= 4 is 6.09 Å². The number of carbonyl (C=O) groups is 1. The maximum atomic E-state index is 10.9. The maximum Gasteiger partial charge on any atom is 0.408 e. The molecule has 1 atom stereocenters. The van der Waals surface area contributed by atoms with Gasteiger partial charge >= 0.3 is 6.09 Å². The summed E-state index contributed by atoms with van der Waals surface area (Å²) >= 11 is 0. The van der Waals surface area contributed by atoms with E-state index in [-0.39, 0.29) is 11.6 Å². The van der Waals surface area contributed by atoms with Gasteiger partial charge in [0.25, 0.3) is 0 Å². The van der Waals surface area contributed by atoms with Gasteiger partial charge in [-0.15, -0.1) is 0 Å². The van der Waals surface area contributed by atoms with Crippen LogP contribution in [0, 0.1) is 0 Å². The number of carbonyl (C=O) groups excluding carboxylic acids is 1. The summed E-state index contributed by atoms with van der Waals surface area (Å²) in [6.45, 7) is 2.34. The number of hydrogen-bond acceptors (Lipinski definition) is 2. The second-order valence-electron chi connectivity index (χ2n) is 4.21. The molecule has 1 aromatic carbocycles. The first-order valence-electron chi connectivity index (χ1n) is 5.34. The number of rotatable bonds is 3. The molecule has 0 unspecified atom stereocenters. The van der Waals surface area contributed by atoms with Crippen molar-refractivity contribution in [3.05, 3.63) is 48.0 Å². The van der Waals surface area contributed by atoms with Crippen LogP contribution in [0.2, 0.25) is 0 Å². The van der Waals surface area contributed by atoms with Crippen LogP contribution in [0.1, 0.15) is 12.5 Å². The smallest absolute Gasteiger partial charge is 0.408 e. The van der Waals surface area contributed by atoms with E-state index in [4.69, 9.17) is 4.74 Å². The number of nitrogens with one attached hydrogen (secondary N) is 1. The van der Waals surface area contributed by atoms with Gasteiger partial charge < -0.3 is 10.1 Å². The summed E-state index contributed by atoms with van der Waals surface area (Å²) in [5, 5.41) is 2.77. The van der Waals surface area contributed by atoms with Gasteiger partial charge in [-0.3, -0.25) is 0 Å². The van der Waals surface area contributed by atoms with E-state index in [9.17, 15) is 4.79 Å². The molecule has 1 amide bonds. The summed E-state index contributed by atoms with van der Waals surface area (Å²) in [7, 11) is 0. The third-order valence-corrected chi connectivity index (χ3v) is 2.57. The molecule has 16 heavy (non-hydrogen) atoms. The third kappa shape index (κ3) is 2.63. The highest BCUT2D eigenvalue weighted by molar-refractivity contribution is 5.71. The first-order valence-corrected chi connectivity index (χ1v) is 5.34. The average Bonchev–Trinajstić information content (AvgIpc) is 2.60. The SMILES string of the molecule is C[C@@]1(C=CCc2ccccc2)COC(=O)N1. The number of allylic oxidation sites excluding steroid dienone is 1. The zero-order chi connectivity index (χ0) is 11.4. The van der Waals surface area contributed by atoms with Gasteiger partial charge in [-0.1, -0.05) is 42.5 Å². The molecule has 0 bridgehead atoms. The zero-order valence-corrected chi connectivity index (χ0v) is 9.27. The zero-order valence-electron chi connectivity index (χ0n) is 9.27. The summed E-state index contributed by atoms with van der Waals surface area (Å²) < 4.78 is 4.87. The lowest BCUT2D eigenvalue weighted by molar-refractivity contribution is 0.175. The van der Waals surface area contributed by atoms with Crippen molar-refractivity contribution < 1.29 is 9.53 Å². The molecule has 3 heteroatoms. The van der Waals surface area contributed by atoms with Crippen molar-refractivity contribution in [3.8, 4) is 0 Å². The Morgan fingerprint density at radius 3 is 2.81 bits per heavy atom. The van der Waals surface area contributed by atoms with Crippen LogP contribution >= 0.6 is 0 Å². The molecule has 1 aromatic rings. The van der Waals surface area contributed by atoms with Crippen molar-refractivity contribution in [3.63, 3.8) is 0 Å². The fraction of sp³-hybridized carbons (Fsp3) is 0.308. The van der Waals surface area contributed by atoms with Crippen molar-refractivity contribution in [2.75, 3.05) is 6.61 Å². The van der Waals surface area contributed by atoms with E-state index in [1.54, 1.807) is 0 Å². The minimum absolute atomic E-state index is 0.341. The van der Waals surface area contributed by atoms with Gasteiger partial charge in [-0.2, -0.15) is 0 Å². The van der Waals surface area contributed by atoms with Gasteiger partial charge in [0.15, 0.2) is 0 Å². The molecule has 0 saturated carbocycles. The van der Waals surface area contributed by atoms with Crippen LogP contribution in [0.4, 0.5) is 4.79 Å². The standard InChI is InChI=1S/C13H15NO2/c1-13(10-16-12(15)14-13)9-5-8-11-6-3-2-4-7-11/h2-7,9H,8,10H2,1H3,(H,14,15)/t13-/m1/s1. The summed E-state index contributed by atoms with van der Waals surface area (Å²) in [6.07, 6.45) is 4.58. The molecule has 84 valence electrons. The fourth-order valence-corrected chi connectivity index (χ4v) is 1.68. The molecule has 3 nitrogen and oxygen atoms in total. The molecule has 1 aliphatic heterocycles. The van der Waals surface area contributed by atoms with E-state index < -0.39 is 0 Å². The van der Waals surface area contributed by atoms with Crippen molar-refractivity contribution in [1.82, 2.24) is 5.32 Å². The van der Waals surface area contributed by atoms with Crippen molar-refractivity contribution in [1.29, 1.82) is 0 Å². The predicted molar refractivity (Wildman–Crippen MR) is 62.2 cm³/mol. The van der Waals surface area contributed by atoms with E-state index in [0.29, 0.717) is 6.61 Å². The fourth-order valence-electron chi connectivity index (χ4n) is 1.68. The monoisotopic (exact) mass is 217 g/mol. The Morgan fingerprint density at radius 2 is 2.19 bits per heavy atom. The molecule has 1 saturated heterocycles. The molecule has 0 spiro atoms. The maximum absolute atomic E-state index is 10.9. The quantitative estimate of drug-likeness (QED) is 0.789. The molecule has 1 heterocycles. The molecule has 0 radical (unpaired) electrons. The van der Waals surface area contributed by atoms with E-state index in [1.807, 2.05) is 31.2 Å². The Hall–Kier alpha value is -1.77. The lowest BCUT2D eigenvalue weighted by Crippen LogP contribution is -2.37. The Balaban J connectivity index is 1.93. The van der Waals surface area contributed by atoms with Gasteiger partial charge in [0.05, 0.1) is 5.54 Å². The normalized spacial score (nSPS) is 24.4. The summed E-state index contributed by atoms with van der Waals surface area (Å²) in [5.41, 5.74) is 0.902. The highest BCUT2D eigenvalue weighted by atomic mass is 16.6. The lowest BCUT2D eigenvalue weighted by atomic mass is 10.0. The summed E-state index contributed by atoms with van der Waals surface area (Å²) in [4.78, 5) is 10.9. The van der Waals surface area contributed by atoms with Gasteiger partial charge in [-0.05, 0) is 18.9 Å². The van der Waals surface area contributed by atoms with Gasteiger partial charge in [0, 0.05) is 0 Å². The third-order valence-electron chi connectivity index (χ3n) is 2.57. The molecule has 1 N–H and O–H groups in total. The van der Waals surface area contributed by atoms with E-state index >= 15 is 0 Å². The summed E-state index contributed by atoms with van der Waals surface area (Å²) in [5.74, 6) is 0. The van der Waals surface area contributed by atoms with Crippen molar-refractivity contribution in [2.24, 2.45) is 0 Å². The number of amides is 1. The van der Waals surface area contributed by atoms with Crippen LogP contribution in [0.3, 0.4) is 0 Å². The molecule has 1 aliphatic rings. The van der Waals surface area contributed by atoms with E-state index in [1.165, 1.54) is 5.56 Å². The topological polar surface area (TPSA) is 38.3 Å². The largest absolute Gasteiger partial charge is 0.447 e. The highest BCUT2D eigenvalue weighted by Gasteiger charge is 2.31. The number of benzene rings is 1. The molecule has 1 fully saturated rings. The first-order chi connectivity index (χ1) is 7.68.